The van der Waals surface area contributed by atoms with E-state index in [1.54, 1.807) is 11.3 Å². The molecule has 16 heavy (non-hydrogen) atoms. The quantitative estimate of drug-likeness (QED) is 0.744. The van der Waals surface area contributed by atoms with E-state index in [1.165, 1.54) is 37.1 Å². The average Bonchev–Trinajstić information content (AvgIpc) is 2.80. The Morgan fingerprint density at radius 3 is 2.31 bits per heavy atom. The van der Waals surface area contributed by atoms with E-state index < -0.39 is 0 Å². The smallest absolute Gasteiger partial charge is 0.113 e. The van der Waals surface area contributed by atoms with Crippen LogP contribution in [0.4, 0.5) is 0 Å². The lowest BCUT2D eigenvalue weighted by Gasteiger charge is -2.33. The Kier molecular flexibility index (Phi) is 5.99. The van der Waals surface area contributed by atoms with Crippen LogP contribution in [0.3, 0.4) is 0 Å². The SMILES string of the molecule is CCCNC(CCC)(CCC)c1nccs1. The molecule has 1 rings (SSSR count). The summed E-state index contributed by atoms with van der Waals surface area (Å²) in [7, 11) is 0. The highest BCUT2D eigenvalue weighted by atomic mass is 32.1. The van der Waals surface area contributed by atoms with Gasteiger partial charge >= 0.3 is 0 Å². The Morgan fingerprint density at radius 1 is 1.19 bits per heavy atom. The van der Waals surface area contributed by atoms with Gasteiger partial charge in [0, 0.05) is 11.6 Å². The first-order chi connectivity index (χ1) is 7.79. The molecule has 2 nitrogen and oxygen atoms in total. The van der Waals surface area contributed by atoms with Crippen LogP contribution in [0.25, 0.3) is 0 Å². The molecule has 0 aliphatic heterocycles. The van der Waals surface area contributed by atoms with Crippen LogP contribution >= 0.6 is 11.3 Å². The molecule has 1 heterocycles. The Hall–Kier alpha value is -0.410. The normalized spacial score (nSPS) is 11.9. The third-order valence-corrected chi connectivity index (χ3v) is 3.89. The Morgan fingerprint density at radius 2 is 1.88 bits per heavy atom. The molecule has 0 aliphatic carbocycles. The number of rotatable bonds is 8. The zero-order chi connectivity index (χ0) is 11.9. The van der Waals surface area contributed by atoms with Gasteiger partial charge in [-0.2, -0.15) is 0 Å². The van der Waals surface area contributed by atoms with Gasteiger partial charge in [0.15, 0.2) is 0 Å². The first-order valence-corrected chi connectivity index (χ1v) is 7.32. The van der Waals surface area contributed by atoms with Crippen LogP contribution in [0.15, 0.2) is 11.6 Å². The van der Waals surface area contributed by atoms with E-state index in [2.05, 4.69) is 36.5 Å². The maximum atomic E-state index is 4.53. The summed E-state index contributed by atoms with van der Waals surface area (Å²) in [5, 5.41) is 7.09. The van der Waals surface area contributed by atoms with E-state index >= 15 is 0 Å². The summed E-state index contributed by atoms with van der Waals surface area (Å²) in [6.45, 7) is 7.81. The summed E-state index contributed by atoms with van der Waals surface area (Å²) in [5.41, 5.74) is 0.133. The fraction of sp³-hybridized carbons (Fsp3) is 0.769. The number of thiazole rings is 1. The van der Waals surface area contributed by atoms with Gasteiger partial charge in [0.1, 0.15) is 5.01 Å². The van der Waals surface area contributed by atoms with Crippen molar-refractivity contribution >= 4 is 11.3 Å². The largest absolute Gasteiger partial charge is 0.305 e. The summed E-state index contributed by atoms with van der Waals surface area (Å²) < 4.78 is 0. The molecule has 0 radical (unpaired) electrons. The van der Waals surface area contributed by atoms with Gasteiger partial charge in [0.2, 0.25) is 0 Å². The molecule has 0 amide bonds. The predicted octanol–water partition coefficient (Wildman–Crippen LogP) is 3.94. The van der Waals surface area contributed by atoms with Gasteiger partial charge in [0.25, 0.3) is 0 Å². The van der Waals surface area contributed by atoms with Crippen molar-refractivity contribution in [2.45, 2.75) is 58.4 Å². The van der Waals surface area contributed by atoms with Crippen LogP contribution in [0.1, 0.15) is 57.9 Å². The summed E-state index contributed by atoms with van der Waals surface area (Å²) >= 11 is 1.79. The molecule has 1 aromatic heterocycles. The number of hydrogen-bond donors (Lipinski definition) is 1. The van der Waals surface area contributed by atoms with Gasteiger partial charge in [-0.1, -0.05) is 33.6 Å². The molecule has 0 unspecified atom stereocenters. The van der Waals surface area contributed by atoms with Crippen molar-refractivity contribution in [2.24, 2.45) is 0 Å². The van der Waals surface area contributed by atoms with Crippen LogP contribution in [0.5, 0.6) is 0 Å². The second-order valence-electron chi connectivity index (χ2n) is 4.35. The standard InChI is InChI=1S/C13H24N2S/c1-4-7-13(8-5-2,15-9-6-3)12-14-10-11-16-12/h10-11,15H,4-9H2,1-3H3. The fourth-order valence-electron chi connectivity index (χ4n) is 2.27. The number of nitrogens with zero attached hydrogens (tertiary/aromatic N) is 1. The lowest BCUT2D eigenvalue weighted by molar-refractivity contribution is 0.279. The third kappa shape index (κ3) is 3.29. The first-order valence-electron chi connectivity index (χ1n) is 6.44. The van der Waals surface area contributed by atoms with Crippen LogP contribution in [-0.2, 0) is 5.54 Å². The molecule has 92 valence electrons. The molecule has 0 saturated carbocycles. The Labute approximate surface area is 103 Å². The topological polar surface area (TPSA) is 24.9 Å². The van der Waals surface area contributed by atoms with Crippen molar-refractivity contribution in [3.63, 3.8) is 0 Å². The molecular weight excluding hydrogens is 216 g/mol. The number of hydrogen-bond acceptors (Lipinski definition) is 3. The molecule has 3 heteroatoms. The minimum atomic E-state index is 0.133. The number of nitrogens with one attached hydrogen (secondary N) is 1. The van der Waals surface area contributed by atoms with Crippen LogP contribution in [-0.4, -0.2) is 11.5 Å². The molecule has 0 aromatic carbocycles. The maximum absolute atomic E-state index is 4.53. The molecule has 0 aliphatic rings. The highest BCUT2D eigenvalue weighted by Crippen LogP contribution is 2.32. The molecule has 0 spiro atoms. The summed E-state index contributed by atoms with van der Waals surface area (Å²) in [4.78, 5) is 4.53. The van der Waals surface area contributed by atoms with E-state index in [9.17, 15) is 0 Å². The van der Waals surface area contributed by atoms with Crippen LogP contribution in [0, 0.1) is 0 Å². The fourth-order valence-corrected chi connectivity index (χ4v) is 3.14. The zero-order valence-corrected chi connectivity index (χ0v) is 11.6. The van der Waals surface area contributed by atoms with Gasteiger partial charge in [-0.25, -0.2) is 4.98 Å². The zero-order valence-electron chi connectivity index (χ0n) is 10.8. The van der Waals surface area contributed by atoms with E-state index in [0.29, 0.717) is 0 Å². The van der Waals surface area contributed by atoms with Crippen LogP contribution in [0.2, 0.25) is 0 Å². The van der Waals surface area contributed by atoms with Crippen molar-refractivity contribution < 1.29 is 0 Å². The minimum Gasteiger partial charge on any atom is -0.305 e. The highest BCUT2D eigenvalue weighted by molar-refractivity contribution is 7.09. The summed E-state index contributed by atoms with van der Waals surface area (Å²) in [5.74, 6) is 0. The van der Waals surface area contributed by atoms with Crippen molar-refractivity contribution in [1.29, 1.82) is 0 Å². The molecule has 1 aromatic rings. The monoisotopic (exact) mass is 240 g/mol. The molecule has 0 bridgehead atoms. The van der Waals surface area contributed by atoms with Crippen molar-refractivity contribution in [1.82, 2.24) is 10.3 Å². The van der Waals surface area contributed by atoms with Crippen molar-refractivity contribution in [3.8, 4) is 0 Å². The van der Waals surface area contributed by atoms with Gasteiger partial charge < -0.3 is 5.32 Å². The van der Waals surface area contributed by atoms with E-state index in [4.69, 9.17) is 0 Å². The summed E-state index contributed by atoms with van der Waals surface area (Å²) in [6.07, 6.45) is 7.89. The second kappa shape index (κ2) is 7.02. The lowest BCUT2D eigenvalue weighted by atomic mass is 9.89. The van der Waals surface area contributed by atoms with Gasteiger partial charge in [-0.15, -0.1) is 11.3 Å². The van der Waals surface area contributed by atoms with E-state index in [1.807, 2.05) is 6.20 Å². The Balaban J connectivity index is 2.86. The van der Waals surface area contributed by atoms with E-state index in [0.717, 1.165) is 6.54 Å². The Bertz CT molecular complexity index is 263. The lowest BCUT2D eigenvalue weighted by Crippen LogP contribution is -2.42. The highest BCUT2D eigenvalue weighted by Gasteiger charge is 2.31. The van der Waals surface area contributed by atoms with Gasteiger partial charge in [-0.05, 0) is 25.8 Å². The predicted molar refractivity (Wildman–Crippen MR) is 71.9 cm³/mol. The maximum Gasteiger partial charge on any atom is 0.113 e. The first kappa shape index (κ1) is 13.7. The third-order valence-electron chi connectivity index (χ3n) is 2.91. The molecule has 0 atom stereocenters. The molecular formula is C13H24N2S. The summed E-state index contributed by atoms with van der Waals surface area (Å²) in [6, 6.07) is 0. The van der Waals surface area contributed by atoms with Crippen molar-refractivity contribution in [3.05, 3.63) is 16.6 Å². The van der Waals surface area contributed by atoms with Crippen molar-refractivity contribution in [2.75, 3.05) is 6.54 Å². The van der Waals surface area contributed by atoms with Gasteiger partial charge in [-0.3, -0.25) is 0 Å². The van der Waals surface area contributed by atoms with Crippen LogP contribution < -0.4 is 5.32 Å². The molecule has 1 N–H and O–H groups in total. The number of aromatic nitrogens is 1. The second-order valence-corrected chi connectivity index (χ2v) is 5.24. The van der Waals surface area contributed by atoms with E-state index in [-0.39, 0.29) is 5.54 Å². The molecule has 0 fully saturated rings. The minimum absolute atomic E-state index is 0.133. The molecule has 0 saturated heterocycles. The van der Waals surface area contributed by atoms with Gasteiger partial charge in [0.05, 0.1) is 5.54 Å². The average molecular weight is 240 g/mol.